The zero-order valence-electron chi connectivity index (χ0n) is 10.0. The first kappa shape index (κ1) is 14.6. The van der Waals surface area contributed by atoms with Gasteiger partial charge in [0.2, 0.25) is 0 Å². The fourth-order valence-corrected chi connectivity index (χ4v) is 2.20. The molecule has 0 aromatic heterocycles. The number of hydrogen-bond donors (Lipinski definition) is 3. The Bertz CT molecular complexity index is 343. The monoisotopic (exact) mass is 259 g/mol. The third-order valence-corrected chi connectivity index (χ3v) is 2.81. The van der Waals surface area contributed by atoms with E-state index in [1.54, 1.807) is 0 Å². The maximum absolute atomic E-state index is 9.55. The van der Waals surface area contributed by atoms with Gasteiger partial charge in [0.15, 0.2) is 5.97 Å². The predicted molar refractivity (Wildman–Crippen MR) is 57.3 cm³/mol. The number of aliphatic hydroxyl groups is 1. The van der Waals surface area contributed by atoms with Gasteiger partial charge in [0, 0.05) is 12.8 Å². The van der Waals surface area contributed by atoms with Gasteiger partial charge >= 0.3 is 5.97 Å². The van der Waals surface area contributed by atoms with E-state index in [0.717, 1.165) is 19.4 Å². The minimum atomic E-state index is -2.07. The average molecular weight is 259 g/mol. The number of carboxylic acid groups (broad SMARTS) is 2. The van der Waals surface area contributed by atoms with Crippen LogP contribution in [0.25, 0.3) is 0 Å². The highest BCUT2D eigenvalue weighted by atomic mass is 16.5. The molecule has 2 heterocycles. The van der Waals surface area contributed by atoms with Crippen LogP contribution in [0.3, 0.4) is 0 Å². The third-order valence-electron chi connectivity index (χ3n) is 2.81. The first-order valence-corrected chi connectivity index (χ1v) is 5.66. The number of carbonyl (C=O) groups excluding carboxylic acids is 1. The Morgan fingerprint density at radius 2 is 2.22 bits per heavy atom. The van der Waals surface area contributed by atoms with E-state index in [-0.39, 0.29) is 17.8 Å². The van der Waals surface area contributed by atoms with Crippen LogP contribution in [0.15, 0.2) is 12.2 Å². The van der Waals surface area contributed by atoms with Gasteiger partial charge in [0.25, 0.3) is 0 Å². The Balaban J connectivity index is 0.000000232. The summed E-state index contributed by atoms with van der Waals surface area (Å²) in [7, 11) is 2.03. The molecule has 2 rings (SSSR count). The van der Waals surface area contributed by atoms with Crippen LogP contribution in [0.1, 0.15) is 12.8 Å². The first-order valence-electron chi connectivity index (χ1n) is 5.66. The van der Waals surface area contributed by atoms with Gasteiger partial charge in [-0.2, -0.15) is 0 Å². The van der Waals surface area contributed by atoms with Gasteiger partial charge in [-0.3, -0.25) is 0 Å². The lowest BCUT2D eigenvalue weighted by Crippen LogP contribution is -2.84. The maximum Gasteiger partial charge on any atom is 0.351 e. The number of hydrogen-bond acceptors (Lipinski definition) is 5. The number of aliphatic hydroxyl groups excluding tert-OH is 1. The van der Waals surface area contributed by atoms with Crippen molar-refractivity contribution in [3.63, 3.8) is 0 Å². The predicted octanol–water partition coefficient (Wildman–Crippen LogP) is -3.15. The molecule has 1 saturated heterocycles. The van der Waals surface area contributed by atoms with Gasteiger partial charge in [-0.1, -0.05) is 6.08 Å². The number of carboxylic acids is 2. The van der Waals surface area contributed by atoms with Crippen molar-refractivity contribution < 1.29 is 35.0 Å². The summed E-state index contributed by atoms with van der Waals surface area (Å²) in [4.78, 5) is 18.0. The number of fused-ring (bicyclic) bond motifs is 2. The highest BCUT2D eigenvalue weighted by Crippen LogP contribution is 2.35. The Labute approximate surface area is 104 Å². The van der Waals surface area contributed by atoms with Crippen LogP contribution in [0.2, 0.25) is 0 Å². The topological polar surface area (TPSA) is 124 Å². The van der Waals surface area contributed by atoms with Gasteiger partial charge in [0.1, 0.15) is 12.1 Å². The molecule has 3 atom stereocenters. The lowest BCUT2D eigenvalue weighted by atomic mass is 9.94. The fraction of sp³-hybridized carbons (Fsp3) is 0.636. The SMILES string of the molecule is C[NH2+]CC12C=CC(CC(O)C1)O2.O=C([O-])C(=O)O. The quantitative estimate of drug-likeness (QED) is 0.355. The molecule has 2 aliphatic rings. The van der Waals surface area contributed by atoms with Gasteiger partial charge in [-0.25, -0.2) is 4.79 Å². The van der Waals surface area contributed by atoms with Crippen LogP contribution in [-0.2, 0) is 14.3 Å². The lowest BCUT2D eigenvalue weighted by molar-refractivity contribution is -0.640. The molecule has 0 aliphatic carbocycles. The third kappa shape index (κ3) is 3.80. The van der Waals surface area contributed by atoms with Gasteiger partial charge in [0.05, 0.1) is 19.3 Å². The van der Waals surface area contributed by atoms with Crippen molar-refractivity contribution in [2.24, 2.45) is 0 Å². The molecule has 7 nitrogen and oxygen atoms in total. The zero-order chi connectivity index (χ0) is 13.8. The Kier molecular flexibility index (Phi) is 4.83. The van der Waals surface area contributed by atoms with E-state index in [1.807, 2.05) is 7.05 Å². The molecule has 0 saturated carbocycles. The van der Waals surface area contributed by atoms with E-state index in [9.17, 15) is 5.11 Å². The van der Waals surface area contributed by atoms with Crippen molar-refractivity contribution in [2.75, 3.05) is 13.6 Å². The molecule has 18 heavy (non-hydrogen) atoms. The maximum atomic E-state index is 9.55. The van der Waals surface area contributed by atoms with Crippen LogP contribution < -0.4 is 10.4 Å². The van der Waals surface area contributed by atoms with E-state index in [2.05, 4.69) is 17.5 Å². The molecular formula is C11H17NO6. The minimum Gasteiger partial charge on any atom is -0.539 e. The second-order valence-corrected chi connectivity index (χ2v) is 4.38. The molecule has 2 bridgehead atoms. The average Bonchev–Trinajstić information content (AvgIpc) is 2.55. The minimum absolute atomic E-state index is 0.161. The summed E-state index contributed by atoms with van der Waals surface area (Å²) in [6, 6.07) is 0. The standard InChI is InChI=1S/C9H15NO2.C2H2O4/c1-10-6-9-3-2-8(12-9)4-7(11)5-9;3-1(4)2(5)6/h2-3,7-8,10-11H,4-6H2,1H3;(H,3,4)(H,5,6). The van der Waals surface area contributed by atoms with Crippen molar-refractivity contribution in [3.05, 3.63) is 12.2 Å². The molecule has 102 valence electrons. The van der Waals surface area contributed by atoms with Gasteiger partial charge < -0.3 is 30.2 Å². The second kappa shape index (κ2) is 5.94. The van der Waals surface area contributed by atoms with E-state index in [1.165, 1.54) is 0 Å². The molecule has 4 N–H and O–H groups in total. The van der Waals surface area contributed by atoms with Gasteiger partial charge in [-0.05, 0) is 6.08 Å². The lowest BCUT2D eigenvalue weighted by Gasteiger charge is -2.34. The van der Waals surface area contributed by atoms with Crippen LogP contribution in [0.4, 0.5) is 0 Å². The van der Waals surface area contributed by atoms with E-state index >= 15 is 0 Å². The summed E-state index contributed by atoms with van der Waals surface area (Å²) in [6.45, 7) is 0.914. The zero-order valence-corrected chi connectivity index (χ0v) is 10.0. The molecular weight excluding hydrogens is 242 g/mol. The van der Waals surface area contributed by atoms with Crippen LogP contribution in [-0.4, -0.2) is 53.6 Å². The largest absolute Gasteiger partial charge is 0.539 e. The molecule has 0 amide bonds. The van der Waals surface area contributed by atoms with E-state index in [4.69, 9.17) is 24.5 Å². The molecule has 2 aliphatic heterocycles. The van der Waals surface area contributed by atoms with Crippen LogP contribution in [0, 0.1) is 0 Å². The summed E-state index contributed by atoms with van der Waals surface area (Å²) in [6.07, 6.45) is 5.70. The molecule has 7 heteroatoms. The molecule has 0 aromatic carbocycles. The highest BCUT2D eigenvalue weighted by molar-refractivity contribution is 6.26. The van der Waals surface area contributed by atoms with Crippen molar-refractivity contribution >= 4 is 11.9 Å². The Morgan fingerprint density at radius 3 is 2.72 bits per heavy atom. The normalized spacial score (nSPS) is 32.6. The number of ether oxygens (including phenoxy) is 1. The molecule has 3 unspecified atom stereocenters. The molecule has 1 fully saturated rings. The van der Waals surface area contributed by atoms with Gasteiger partial charge in [-0.15, -0.1) is 0 Å². The second-order valence-electron chi connectivity index (χ2n) is 4.38. The Hall–Kier alpha value is -1.44. The number of carbonyl (C=O) groups is 2. The Morgan fingerprint density at radius 1 is 1.61 bits per heavy atom. The first-order chi connectivity index (χ1) is 8.38. The van der Waals surface area contributed by atoms with Crippen LogP contribution in [0.5, 0.6) is 0 Å². The molecule has 0 radical (unpaired) electrons. The number of aliphatic carboxylic acids is 2. The fourth-order valence-electron chi connectivity index (χ4n) is 2.20. The summed E-state index contributed by atoms with van der Waals surface area (Å²) in [5.74, 6) is -4.01. The summed E-state index contributed by atoms with van der Waals surface area (Å²) in [5.41, 5.74) is -0.170. The number of rotatable bonds is 2. The van der Waals surface area contributed by atoms with Crippen molar-refractivity contribution in [1.29, 1.82) is 0 Å². The number of quaternary nitrogens is 1. The summed E-state index contributed by atoms with van der Waals surface area (Å²) < 4.78 is 5.79. The number of likely N-dealkylation sites (N-methyl/N-ethyl adjacent to an activating group) is 1. The van der Waals surface area contributed by atoms with Crippen molar-refractivity contribution in [3.8, 4) is 0 Å². The molecule has 0 spiro atoms. The summed E-state index contributed by atoms with van der Waals surface area (Å²) >= 11 is 0. The number of nitrogens with two attached hydrogens (primary N) is 1. The van der Waals surface area contributed by atoms with Crippen molar-refractivity contribution in [2.45, 2.75) is 30.7 Å². The van der Waals surface area contributed by atoms with Crippen LogP contribution >= 0.6 is 0 Å². The van der Waals surface area contributed by atoms with Crippen molar-refractivity contribution in [1.82, 2.24) is 0 Å². The highest BCUT2D eigenvalue weighted by Gasteiger charge is 2.43. The van der Waals surface area contributed by atoms with E-state index in [0.29, 0.717) is 0 Å². The summed E-state index contributed by atoms with van der Waals surface area (Å²) in [5, 5.41) is 28.0. The van der Waals surface area contributed by atoms with E-state index < -0.39 is 11.9 Å². The smallest absolute Gasteiger partial charge is 0.351 e. The molecule has 0 aromatic rings.